The van der Waals surface area contributed by atoms with Crippen molar-refractivity contribution in [2.45, 2.75) is 12.8 Å². The summed E-state index contributed by atoms with van der Waals surface area (Å²) in [5.41, 5.74) is 1.92. The molecular weight excluding hydrogens is 407 g/mol. The molecular formula is C20H19FN6O2S. The average Bonchev–Trinajstić information content (AvgIpc) is 2.73. The van der Waals surface area contributed by atoms with Gasteiger partial charge in [0.15, 0.2) is 0 Å². The summed E-state index contributed by atoms with van der Waals surface area (Å²) in [5.74, 6) is 0.0921. The summed E-state index contributed by atoms with van der Waals surface area (Å²) in [6, 6.07) is 11.2. The Hall–Kier alpha value is -3.58. The minimum absolute atomic E-state index is 0.0738. The van der Waals surface area contributed by atoms with Crippen LogP contribution in [-0.4, -0.2) is 36.7 Å². The Labute approximate surface area is 174 Å². The molecule has 0 bridgehead atoms. The van der Waals surface area contributed by atoms with Crippen molar-refractivity contribution in [1.29, 1.82) is 5.26 Å². The van der Waals surface area contributed by atoms with Crippen LogP contribution in [0, 0.1) is 17.1 Å². The van der Waals surface area contributed by atoms with Crippen molar-refractivity contribution >= 4 is 27.5 Å². The SMILES string of the molecule is CN(c1ncccc1CCc1ccnc(Nc2ccc(F)c(C#N)c2)n1)S(C)(=O)=O. The number of benzene rings is 1. The van der Waals surface area contributed by atoms with Crippen LogP contribution in [-0.2, 0) is 22.9 Å². The molecule has 1 N–H and O–H groups in total. The van der Waals surface area contributed by atoms with Gasteiger partial charge < -0.3 is 5.32 Å². The zero-order valence-corrected chi connectivity index (χ0v) is 17.2. The maximum absolute atomic E-state index is 13.5. The van der Waals surface area contributed by atoms with Gasteiger partial charge in [-0.1, -0.05) is 6.07 Å². The Morgan fingerprint density at radius 2 is 1.97 bits per heavy atom. The molecule has 10 heteroatoms. The monoisotopic (exact) mass is 426 g/mol. The van der Waals surface area contributed by atoms with Crippen LogP contribution in [0.1, 0.15) is 16.8 Å². The van der Waals surface area contributed by atoms with Gasteiger partial charge in [0.05, 0.1) is 11.8 Å². The smallest absolute Gasteiger partial charge is 0.233 e. The number of hydrogen-bond acceptors (Lipinski definition) is 7. The Balaban J connectivity index is 1.75. The lowest BCUT2D eigenvalue weighted by Crippen LogP contribution is -2.27. The number of pyridine rings is 1. The van der Waals surface area contributed by atoms with Gasteiger partial charge in [0.25, 0.3) is 0 Å². The Bertz CT molecular complexity index is 1210. The van der Waals surface area contributed by atoms with Crippen LogP contribution in [0.2, 0.25) is 0 Å². The Morgan fingerprint density at radius 1 is 1.17 bits per heavy atom. The second kappa shape index (κ2) is 8.84. The Morgan fingerprint density at radius 3 is 2.70 bits per heavy atom. The largest absolute Gasteiger partial charge is 0.324 e. The first kappa shape index (κ1) is 21.1. The third kappa shape index (κ3) is 5.07. The van der Waals surface area contributed by atoms with E-state index in [1.807, 2.05) is 6.07 Å². The summed E-state index contributed by atoms with van der Waals surface area (Å²) in [4.78, 5) is 12.8. The van der Waals surface area contributed by atoms with E-state index in [4.69, 9.17) is 5.26 Å². The molecule has 0 amide bonds. The number of aryl methyl sites for hydroxylation is 2. The number of halogens is 1. The first-order valence-corrected chi connectivity index (χ1v) is 10.8. The lowest BCUT2D eigenvalue weighted by atomic mass is 10.1. The van der Waals surface area contributed by atoms with E-state index in [1.165, 1.54) is 25.2 Å². The van der Waals surface area contributed by atoms with Crippen LogP contribution in [0.25, 0.3) is 0 Å². The van der Waals surface area contributed by atoms with Crippen molar-refractivity contribution in [3.63, 3.8) is 0 Å². The predicted octanol–water partition coefficient (Wildman–Crippen LogP) is 2.81. The topological polar surface area (TPSA) is 112 Å². The van der Waals surface area contributed by atoms with E-state index in [1.54, 1.807) is 30.6 Å². The maximum atomic E-state index is 13.5. The minimum atomic E-state index is -3.43. The summed E-state index contributed by atoms with van der Waals surface area (Å²) in [5, 5.41) is 11.9. The molecule has 1 aromatic carbocycles. The summed E-state index contributed by atoms with van der Waals surface area (Å²) >= 11 is 0. The van der Waals surface area contributed by atoms with Gasteiger partial charge in [-0.2, -0.15) is 5.26 Å². The Kier molecular flexibility index (Phi) is 6.23. The fourth-order valence-electron chi connectivity index (χ4n) is 2.74. The molecule has 0 atom stereocenters. The maximum Gasteiger partial charge on any atom is 0.233 e. The van der Waals surface area contributed by atoms with Gasteiger partial charge >= 0.3 is 0 Å². The molecule has 0 unspecified atom stereocenters. The van der Waals surface area contributed by atoms with Crippen LogP contribution in [0.15, 0.2) is 48.8 Å². The first-order valence-electron chi connectivity index (χ1n) is 8.94. The second-order valence-corrected chi connectivity index (χ2v) is 8.53. The zero-order chi connectivity index (χ0) is 21.7. The second-order valence-electron chi connectivity index (χ2n) is 6.52. The highest BCUT2D eigenvalue weighted by molar-refractivity contribution is 7.92. The fourth-order valence-corrected chi connectivity index (χ4v) is 3.22. The van der Waals surface area contributed by atoms with Crippen molar-refractivity contribution in [2.24, 2.45) is 0 Å². The molecule has 3 rings (SSSR count). The summed E-state index contributed by atoms with van der Waals surface area (Å²) in [7, 11) is -1.96. The van der Waals surface area contributed by atoms with E-state index in [0.717, 1.165) is 21.8 Å². The van der Waals surface area contributed by atoms with Gasteiger partial charge in [0, 0.05) is 30.8 Å². The van der Waals surface area contributed by atoms with Crippen molar-refractivity contribution < 1.29 is 12.8 Å². The highest BCUT2D eigenvalue weighted by Gasteiger charge is 2.17. The number of aromatic nitrogens is 3. The first-order chi connectivity index (χ1) is 14.3. The highest BCUT2D eigenvalue weighted by atomic mass is 32.2. The van der Waals surface area contributed by atoms with E-state index >= 15 is 0 Å². The zero-order valence-electron chi connectivity index (χ0n) is 16.4. The number of nitrogens with zero attached hydrogens (tertiary/aromatic N) is 5. The number of nitrogens with one attached hydrogen (secondary N) is 1. The van der Waals surface area contributed by atoms with Crippen molar-refractivity contribution in [2.75, 3.05) is 22.9 Å². The summed E-state index contributed by atoms with van der Waals surface area (Å²) in [6.45, 7) is 0. The molecule has 0 spiro atoms. The highest BCUT2D eigenvalue weighted by Crippen LogP contribution is 2.21. The van der Waals surface area contributed by atoms with Crippen LogP contribution >= 0.6 is 0 Å². The van der Waals surface area contributed by atoms with Crippen molar-refractivity contribution in [1.82, 2.24) is 15.0 Å². The van der Waals surface area contributed by atoms with Gasteiger partial charge in [-0.15, -0.1) is 0 Å². The lowest BCUT2D eigenvalue weighted by molar-refractivity contribution is 0.599. The van der Waals surface area contributed by atoms with E-state index in [-0.39, 0.29) is 5.56 Å². The van der Waals surface area contributed by atoms with Gasteiger partial charge in [-0.3, -0.25) is 4.31 Å². The summed E-state index contributed by atoms with van der Waals surface area (Å²) < 4.78 is 38.3. The van der Waals surface area contributed by atoms with Gasteiger partial charge in [0.1, 0.15) is 17.7 Å². The third-order valence-corrected chi connectivity index (χ3v) is 5.54. The quantitative estimate of drug-likeness (QED) is 0.618. The van der Waals surface area contributed by atoms with E-state index in [9.17, 15) is 12.8 Å². The fraction of sp³-hybridized carbons (Fsp3) is 0.200. The number of sulfonamides is 1. The summed E-state index contributed by atoms with van der Waals surface area (Å²) in [6.07, 6.45) is 5.31. The number of rotatable bonds is 7. The molecule has 0 fully saturated rings. The predicted molar refractivity (Wildman–Crippen MR) is 111 cm³/mol. The molecule has 8 nitrogen and oxygen atoms in total. The standard InChI is InChI=1S/C20H19FN6O2S/c1-27(30(2,28)29)19-14(4-3-10-23-19)5-6-16-9-11-24-20(25-16)26-17-7-8-18(21)15(12-17)13-22/h3-4,7-12H,5-6H2,1-2H3,(H,24,25,26). The van der Waals surface area contributed by atoms with Gasteiger partial charge in [-0.05, 0) is 48.7 Å². The van der Waals surface area contributed by atoms with E-state index < -0.39 is 15.8 Å². The molecule has 2 aromatic heterocycles. The van der Waals surface area contributed by atoms with E-state index in [2.05, 4.69) is 20.3 Å². The molecule has 0 radical (unpaired) electrons. The van der Waals surface area contributed by atoms with Crippen LogP contribution in [0.5, 0.6) is 0 Å². The molecule has 0 aliphatic rings. The lowest BCUT2D eigenvalue weighted by Gasteiger charge is -2.18. The molecule has 0 saturated heterocycles. The molecule has 0 aliphatic carbocycles. The molecule has 3 aromatic rings. The van der Waals surface area contributed by atoms with Crippen LogP contribution < -0.4 is 9.62 Å². The molecule has 0 aliphatic heterocycles. The molecule has 0 saturated carbocycles. The van der Waals surface area contributed by atoms with Crippen LogP contribution in [0.4, 0.5) is 21.8 Å². The van der Waals surface area contributed by atoms with Crippen LogP contribution in [0.3, 0.4) is 0 Å². The third-order valence-electron chi connectivity index (χ3n) is 4.37. The number of anilines is 3. The molecule has 154 valence electrons. The van der Waals surface area contributed by atoms with Gasteiger partial charge in [0.2, 0.25) is 16.0 Å². The van der Waals surface area contributed by atoms with Gasteiger partial charge in [-0.25, -0.2) is 27.8 Å². The average molecular weight is 426 g/mol. The molecule has 2 heterocycles. The number of hydrogen-bond donors (Lipinski definition) is 1. The minimum Gasteiger partial charge on any atom is -0.324 e. The number of nitriles is 1. The normalized spacial score (nSPS) is 11.0. The van der Waals surface area contributed by atoms with Crippen molar-refractivity contribution in [3.8, 4) is 6.07 Å². The molecule has 30 heavy (non-hydrogen) atoms. The van der Waals surface area contributed by atoms with E-state index in [0.29, 0.717) is 30.3 Å². The van der Waals surface area contributed by atoms with Crippen molar-refractivity contribution in [3.05, 3.63) is 71.4 Å².